The summed E-state index contributed by atoms with van der Waals surface area (Å²) in [6.45, 7) is -0.375. The fraction of sp³-hybridized carbons (Fsp3) is 0.118. The number of carbonyl (C=O) groups excluding carboxylic acids is 2. The summed E-state index contributed by atoms with van der Waals surface area (Å²) in [5.41, 5.74) is 1.84. The zero-order chi connectivity index (χ0) is 16.9. The van der Waals surface area contributed by atoms with Gasteiger partial charge in [-0.2, -0.15) is 0 Å². The van der Waals surface area contributed by atoms with Gasteiger partial charge in [0.2, 0.25) is 5.91 Å². The Morgan fingerprint density at radius 1 is 1.25 bits per heavy atom. The second-order valence-corrected chi connectivity index (χ2v) is 5.10. The molecule has 6 nitrogen and oxygen atoms in total. The smallest absolute Gasteiger partial charge is 0.268 e. The summed E-state index contributed by atoms with van der Waals surface area (Å²) in [5.74, 6) is -0.990. The van der Waals surface area contributed by atoms with Crippen LogP contribution in [0.25, 0.3) is 0 Å². The van der Waals surface area contributed by atoms with E-state index in [1.807, 2.05) is 0 Å². The number of nitrogens with zero attached hydrogens (tertiary/aromatic N) is 2. The summed E-state index contributed by atoms with van der Waals surface area (Å²) >= 11 is 0. The molecule has 1 N–H and O–H groups in total. The van der Waals surface area contributed by atoms with E-state index in [4.69, 9.17) is 4.84 Å². The number of oxime groups is 1. The minimum atomic E-state index is -0.381. The lowest BCUT2D eigenvalue weighted by atomic mass is 10.2. The normalized spacial score (nSPS) is 13.5. The lowest BCUT2D eigenvalue weighted by molar-refractivity contribution is -0.125. The van der Waals surface area contributed by atoms with E-state index in [0.717, 1.165) is 0 Å². The molecular weight excluding hydrogens is 313 g/mol. The Morgan fingerprint density at radius 3 is 2.79 bits per heavy atom. The highest BCUT2D eigenvalue weighted by Crippen LogP contribution is 2.28. The van der Waals surface area contributed by atoms with Gasteiger partial charge in [-0.1, -0.05) is 29.4 Å². The van der Waals surface area contributed by atoms with Gasteiger partial charge in [-0.15, -0.1) is 0 Å². The molecule has 1 aliphatic rings. The van der Waals surface area contributed by atoms with E-state index in [9.17, 15) is 14.0 Å². The highest BCUT2D eigenvalue weighted by Gasteiger charge is 2.26. The molecule has 2 aromatic rings. The zero-order valence-corrected chi connectivity index (χ0v) is 12.6. The molecule has 0 atom stereocenters. The maximum absolute atomic E-state index is 12.8. The maximum atomic E-state index is 12.8. The Hall–Kier alpha value is -3.22. The summed E-state index contributed by atoms with van der Waals surface area (Å²) in [6.07, 6.45) is 1.38. The van der Waals surface area contributed by atoms with E-state index in [2.05, 4.69) is 10.5 Å². The van der Waals surface area contributed by atoms with Gasteiger partial charge in [-0.3, -0.25) is 14.5 Å². The second-order valence-electron chi connectivity index (χ2n) is 5.10. The van der Waals surface area contributed by atoms with Crippen molar-refractivity contribution >= 4 is 29.4 Å². The molecule has 0 saturated carbocycles. The first-order valence-corrected chi connectivity index (χ1v) is 7.23. The number of hydrogen-bond acceptors (Lipinski definition) is 4. The summed E-state index contributed by atoms with van der Waals surface area (Å²) < 4.78 is 12.8. The molecule has 0 aliphatic carbocycles. The van der Waals surface area contributed by atoms with Crippen molar-refractivity contribution in [2.45, 2.75) is 0 Å². The highest BCUT2D eigenvalue weighted by molar-refractivity contribution is 6.10. The molecule has 122 valence electrons. The predicted molar refractivity (Wildman–Crippen MR) is 87.4 cm³/mol. The van der Waals surface area contributed by atoms with Crippen LogP contribution in [0.4, 0.5) is 15.8 Å². The number of nitrogens with one attached hydrogen (secondary N) is 1. The van der Waals surface area contributed by atoms with E-state index in [0.29, 0.717) is 16.9 Å². The second kappa shape index (κ2) is 6.91. The summed E-state index contributed by atoms with van der Waals surface area (Å²) in [5, 5.41) is 6.39. The molecule has 2 amide bonds. The van der Waals surface area contributed by atoms with Gasteiger partial charge in [0, 0.05) is 0 Å². The van der Waals surface area contributed by atoms with Gasteiger partial charge in [-0.25, -0.2) is 4.39 Å². The molecule has 0 unspecified atom stereocenters. The first kappa shape index (κ1) is 15.7. The van der Waals surface area contributed by atoms with Crippen molar-refractivity contribution in [1.82, 2.24) is 0 Å². The molecule has 1 aliphatic heterocycles. The fourth-order valence-electron chi connectivity index (χ4n) is 2.27. The number of benzene rings is 2. The minimum Gasteiger partial charge on any atom is -0.386 e. The number of amides is 2. The van der Waals surface area contributed by atoms with Gasteiger partial charge in [0.25, 0.3) is 5.91 Å². The van der Waals surface area contributed by atoms with Crippen molar-refractivity contribution in [3.63, 3.8) is 0 Å². The SMILES string of the molecule is O=C1CN(C(=O)CO/N=C/c2ccc(F)cc2)c2ccccc2N1. The Morgan fingerprint density at radius 2 is 2.00 bits per heavy atom. The standard InChI is InChI=1S/C17H14FN3O3/c18-13-7-5-12(6-8-13)9-19-24-11-17(23)21-10-16(22)20-14-3-1-2-4-15(14)21/h1-9H,10-11H2,(H,20,22)/b19-9+. The Kier molecular flexibility index (Phi) is 4.51. The number of hydrogen-bond donors (Lipinski definition) is 1. The molecule has 0 aromatic heterocycles. The number of carbonyl (C=O) groups is 2. The van der Waals surface area contributed by atoms with Crippen LogP contribution in [-0.2, 0) is 14.4 Å². The van der Waals surface area contributed by atoms with Crippen LogP contribution in [0.5, 0.6) is 0 Å². The van der Waals surface area contributed by atoms with E-state index in [-0.39, 0.29) is 30.8 Å². The fourth-order valence-corrected chi connectivity index (χ4v) is 2.27. The monoisotopic (exact) mass is 327 g/mol. The lowest BCUT2D eigenvalue weighted by Crippen LogP contribution is -2.43. The predicted octanol–water partition coefficient (Wildman–Crippen LogP) is 2.16. The van der Waals surface area contributed by atoms with Crippen LogP contribution in [0.15, 0.2) is 53.7 Å². The lowest BCUT2D eigenvalue weighted by Gasteiger charge is -2.28. The first-order valence-electron chi connectivity index (χ1n) is 7.23. The largest absolute Gasteiger partial charge is 0.386 e. The number of halogens is 1. The van der Waals surface area contributed by atoms with E-state index in [1.54, 1.807) is 24.3 Å². The van der Waals surface area contributed by atoms with Gasteiger partial charge in [0.1, 0.15) is 12.4 Å². The quantitative estimate of drug-likeness (QED) is 0.691. The van der Waals surface area contributed by atoms with E-state index < -0.39 is 0 Å². The molecule has 7 heteroatoms. The van der Waals surface area contributed by atoms with Gasteiger partial charge in [0.05, 0.1) is 17.6 Å². The number of anilines is 2. The Balaban J connectivity index is 1.61. The molecule has 1 heterocycles. The van der Waals surface area contributed by atoms with Crippen molar-refractivity contribution in [2.24, 2.45) is 5.16 Å². The van der Waals surface area contributed by atoms with Crippen LogP contribution in [0, 0.1) is 5.82 Å². The van der Waals surface area contributed by atoms with Gasteiger partial charge in [0.15, 0.2) is 6.61 Å². The average molecular weight is 327 g/mol. The molecule has 24 heavy (non-hydrogen) atoms. The number of para-hydroxylation sites is 2. The molecule has 0 fully saturated rings. The van der Waals surface area contributed by atoms with E-state index in [1.165, 1.54) is 35.4 Å². The van der Waals surface area contributed by atoms with Gasteiger partial charge < -0.3 is 10.2 Å². The van der Waals surface area contributed by atoms with Crippen LogP contribution in [-0.4, -0.2) is 31.2 Å². The van der Waals surface area contributed by atoms with Crippen LogP contribution < -0.4 is 10.2 Å². The van der Waals surface area contributed by atoms with E-state index >= 15 is 0 Å². The average Bonchev–Trinajstić information content (AvgIpc) is 2.59. The molecule has 2 aromatic carbocycles. The molecule has 0 radical (unpaired) electrons. The van der Waals surface area contributed by atoms with Crippen molar-refractivity contribution in [1.29, 1.82) is 0 Å². The topological polar surface area (TPSA) is 71.0 Å². The Bertz CT molecular complexity index is 790. The van der Waals surface area contributed by atoms with Crippen molar-refractivity contribution in [3.8, 4) is 0 Å². The highest BCUT2D eigenvalue weighted by atomic mass is 19.1. The molecule has 0 bridgehead atoms. The summed E-state index contributed by atoms with van der Waals surface area (Å²) in [7, 11) is 0. The summed E-state index contributed by atoms with van der Waals surface area (Å²) in [4.78, 5) is 30.3. The van der Waals surface area contributed by atoms with Crippen molar-refractivity contribution in [2.75, 3.05) is 23.4 Å². The molecule has 0 saturated heterocycles. The zero-order valence-electron chi connectivity index (χ0n) is 12.6. The molecular formula is C17H14FN3O3. The first-order chi connectivity index (χ1) is 11.6. The molecule has 0 spiro atoms. The third-order valence-corrected chi connectivity index (χ3v) is 3.41. The van der Waals surface area contributed by atoms with Crippen LogP contribution >= 0.6 is 0 Å². The third-order valence-electron chi connectivity index (χ3n) is 3.41. The van der Waals surface area contributed by atoms with Crippen molar-refractivity contribution in [3.05, 3.63) is 59.9 Å². The minimum absolute atomic E-state index is 0.0686. The number of rotatable bonds is 4. The third kappa shape index (κ3) is 3.57. The van der Waals surface area contributed by atoms with Crippen LogP contribution in [0.2, 0.25) is 0 Å². The summed E-state index contributed by atoms with van der Waals surface area (Å²) in [6, 6.07) is 12.7. The van der Waals surface area contributed by atoms with Gasteiger partial charge >= 0.3 is 0 Å². The molecule has 3 rings (SSSR count). The van der Waals surface area contributed by atoms with Crippen LogP contribution in [0.1, 0.15) is 5.56 Å². The maximum Gasteiger partial charge on any atom is 0.268 e. The van der Waals surface area contributed by atoms with Crippen molar-refractivity contribution < 1.29 is 18.8 Å². The number of fused-ring (bicyclic) bond motifs is 1. The van der Waals surface area contributed by atoms with Gasteiger partial charge in [-0.05, 0) is 29.8 Å². The van der Waals surface area contributed by atoms with Crippen LogP contribution in [0.3, 0.4) is 0 Å². The Labute approximate surface area is 137 Å².